The van der Waals surface area contributed by atoms with Crippen molar-refractivity contribution in [1.82, 2.24) is 0 Å². The summed E-state index contributed by atoms with van der Waals surface area (Å²) in [7, 11) is 3.22. The summed E-state index contributed by atoms with van der Waals surface area (Å²) in [5.74, 6) is 1.32. The molecule has 1 aliphatic rings. The van der Waals surface area contributed by atoms with E-state index in [1.807, 2.05) is 25.1 Å². The Hall–Kier alpha value is -2.00. The van der Waals surface area contributed by atoms with Crippen LogP contribution >= 0.6 is 0 Å². The first kappa shape index (κ1) is 14.0. The van der Waals surface area contributed by atoms with Gasteiger partial charge in [-0.3, -0.25) is 0 Å². The highest BCUT2D eigenvalue weighted by Gasteiger charge is 2.38. The molecule has 21 heavy (non-hydrogen) atoms. The highest BCUT2D eigenvalue weighted by atomic mass is 16.5. The average molecular weight is 284 g/mol. The third-order valence-electron chi connectivity index (χ3n) is 4.33. The van der Waals surface area contributed by atoms with E-state index in [0.29, 0.717) is 17.9 Å². The molecular weight excluding hydrogens is 264 g/mol. The number of aryl methyl sites for hydroxylation is 2. The van der Waals surface area contributed by atoms with Crippen molar-refractivity contribution in [3.63, 3.8) is 0 Å². The molecule has 0 saturated heterocycles. The van der Waals surface area contributed by atoms with E-state index in [-0.39, 0.29) is 0 Å². The molecule has 3 nitrogen and oxygen atoms in total. The summed E-state index contributed by atoms with van der Waals surface area (Å²) in [6, 6.07) is 11.9. The normalized spacial score (nSPS) is 20.2. The topological polar surface area (TPSA) is 38.7 Å². The van der Waals surface area contributed by atoms with E-state index in [2.05, 4.69) is 18.2 Å². The molecular formula is C18H20O3. The fourth-order valence-electron chi connectivity index (χ4n) is 3.14. The Bertz CT molecular complexity index is 678. The van der Waals surface area contributed by atoms with Gasteiger partial charge in [-0.05, 0) is 48.6 Å². The molecule has 110 valence electrons. The molecule has 0 aliphatic heterocycles. The van der Waals surface area contributed by atoms with Crippen molar-refractivity contribution in [3.8, 4) is 11.5 Å². The fourth-order valence-corrected chi connectivity index (χ4v) is 3.14. The lowest BCUT2D eigenvalue weighted by Gasteiger charge is -2.26. The van der Waals surface area contributed by atoms with Crippen molar-refractivity contribution in [1.29, 1.82) is 0 Å². The van der Waals surface area contributed by atoms with Crippen LogP contribution in [-0.2, 0) is 12.0 Å². The summed E-state index contributed by atoms with van der Waals surface area (Å²) in [5.41, 5.74) is 3.30. The summed E-state index contributed by atoms with van der Waals surface area (Å²) in [6.07, 6.45) is 1.59. The number of hydrogen-bond acceptors (Lipinski definition) is 3. The fraction of sp³-hybridized carbons (Fsp3) is 0.333. The van der Waals surface area contributed by atoms with E-state index in [9.17, 15) is 5.11 Å². The Morgan fingerprint density at radius 3 is 2.48 bits per heavy atom. The molecule has 2 aromatic carbocycles. The van der Waals surface area contributed by atoms with Gasteiger partial charge in [0.1, 0.15) is 5.60 Å². The number of rotatable bonds is 3. The summed E-state index contributed by atoms with van der Waals surface area (Å²) in [4.78, 5) is 0. The molecule has 0 spiro atoms. The lowest BCUT2D eigenvalue weighted by Crippen LogP contribution is -2.24. The zero-order valence-corrected chi connectivity index (χ0v) is 12.6. The monoisotopic (exact) mass is 284 g/mol. The Balaban J connectivity index is 2.11. The first-order valence-electron chi connectivity index (χ1n) is 7.13. The molecule has 0 bridgehead atoms. The molecule has 0 heterocycles. The van der Waals surface area contributed by atoms with Crippen LogP contribution in [0, 0.1) is 6.92 Å². The van der Waals surface area contributed by atoms with Crippen LogP contribution in [0.25, 0.3) is 0 Å². The van der Waals surface area contributed by atoms with Crippen molar-refractivity contribution in [3.05, 3.63) is 58.7 Å². The predicted molar refractivity (Wildman–Crippen MR) is 82.0 cm³/mol. The number of fused-ring (bicyclic) bond motifs is 1. The van der Waals surface area contributed by atoms with E-state index in [1.165, 1.54) is 5.56 Å². The smallest absolute Gasteiger partial charge is 0.161 e. The molecule has 1 N–H and O–H groups in total. The van der Waals surface area contributed by atoms with Crippen LogP contribution in [0.5, 0.6) is 11.5 Å². The zero-order valence-electron chi connectivity index (χ0n) is 12.6. The minimum Gasteiger partial charge on any atom is -0.493 e. The molecule has 0 amide bonds. The highest BCUT2D eigenvalue weighted by molar-refractivity contribution is 5.51. The van der Waals surface area contributed by atoms with Crippen molar-refractivity contribution >= 4 is 0 Å². The molecule has 3 rings (SSSR count). The Labute approximate surface area is 125 Å². The van der Waals surface area contributed by atoms with Crippen LogP contribution in [0.4, 0.5) is 0 Å². The second-order valence-corrected chi connectivity index (χ2v) is 5.59. The van der Waals surface area contributed by atoms with E-state index in [1.54, 1.807) is 14.2 Å². The molecule has 2 aromatic rings. The van der Waals surface area contributed by atoms with E-state index >= 15 is 0 Å². The quantitative estimate of drug-likeness (QED) is 0.940. The molecule has 1 aliphatic carbocycles. The van der Waals surface area contributed by atoms with Crippen molar-refractivity contribution < 1.29 is 14.6 Å². The predicted octanol–water partition coefficient (Wildman–Crippen LogP) is 3.19. The molecule has 0 fully saturated rings. The summed E-state index contributed by atoms with van der Waals surface area (Å²) < 4.78 is 10.6. The van der Waals surface area contributed by atoms with Crippen LogP contribution in [0.2, 0.25) is 0 Å². The number of methoxy groups -OCH3 is 2. The lowest BCUT2D eigenvalue weighted by molar-refractivity contribution is 0.0825. The van der Waals surface area contributed by atoms with Gasteiger partial charge in [-0.15, -0.1) is 0 Å². The molecule has 1 unspecified atom stereocenters. The summed E-state index contributed by atoms with van der Waals surface area (Å²) >= 11 is 0. The second kappa shape index (κ2) is 5.08. The Kier molecular flexibility index (Phi) is 3.38. The van der Waals surface area contributed by atoms with Crippen LogP contribution < -0.4 is 9.47 Å². The standard InChI is InChI=1S/C18H20O3/c1-12-4-5-13-8-9-18(19,15(13)10-12)14-6-7-16(20-2)17(11-14)21-3/h4-7,10-11,19H,8-9H2,1-3H3. The molecule has 1 atom stereocenters. The summed E-state index contributed by atoms with van der Waals surface area (Å²) in [6.45, 7) is 2.05. The van der Waals surface area contributed by atoms with Crippen LogP contribution in [0.3, 0.4) is 0 Å². The number of ether oxygens (including phenoxy) is 2. The molecule has 0 radical (unpaired) electrons. The van der Waals surface area contributed by atoms with E-state index in [0.717, 1.165) is 23.1 Å². The van der Waals surface area contributed by atoms with Crippen molar-refractivity contribution in [2.75, 3.05) is 14.2 Å². The van der Waals surface area contributed by atoms with Crippen LogP contribution in [0.15, 0.2) is 36.4 Å². The van der Waals surface area contributed by atoms with Gasteiger partial charge in [-0.25, -0.2) is 0 Å². The minimum absolute atomic E-state index is 0.643. The van der Waals surface area contributed by atoms with Gasteiger partial charge < -0.3 is 14.6 Å². The maximum absolute atomic E-state index is 11.2. The van der Waals surface area contributed by atoms with Crippen molar-refractivity contribution in [2.45, 2.75) is 25.4 Å². The van der Waals surface area contributed by atoms with E-state index < -0.39 is 5.60 Å². The third kappa shape index (κ3) is 2.18. The third-order valence-corrected chi connectivity index (χ3v) is 4.33. The van der Waals surface area contributed by atoms with Gasteiger partial charge in [0.05, 0.1) is 14.2 Å². The molecule has 0 saturated carbocycles. The van der Waals surface area contributed by atoms with Crippen LogP contribution in [0.1, 0.15) is 28.7 Å². The molecule has 3 heteroatoms. The van der Waals surface area contributed by atoms with Gasteiger partial charge >= 0.3 is 0 Å². The SMILES string of the molecule is COc1ccc(C2(O)CCc3ccc(C)cc32)cc1OC. The maximum atomic E-state index is 11.2. The van der Waals surface area contributed by atoms with Crippen LogP contribution in [-0.4, -0.2) is 19.3 Å². The van der Waals surface area contributed by atoms with Crippen molar-refractivity contribution in [2.24, 2.45) is 0 Å². The minimum atomic E-state index is -0.944. The number of hydrogen-bond donors (Lipinski definition) is 1. The maximum Gasteiger partial charge on any atom is 0.161 e. The first-order valence-corrected chi connectivity index (χ1v) is 7.13. The second-order valence-electron chi connectivity index (χ2n) is 5.59. The van der Waals surface area contributed by atoms with Gasteiger partial charge in [0.15, 0.2) is 11.5 Å². The number of benzene rings is 2. The zero-order chi connectivity index (χ0) is 15.0. The highest BCUT2D eigenvalue weighted by Crippen LogP contribution is 2.44. The van der Waals surface area contributed by atoms with Gasteiger partial charge in [-0.2, -0.15) is 0 Å². The largest absolute Gasteiger partial charge is 0.493 e. The molecule has 0 aromatic heterocycles. The van der Waals surface area contributed by atoms with Gasteiger partial charge in [0.25, 0.3) is 0 Å². The van der Waals surface area contributed by atoms with Gasteiger partial charge in [-0.1, -0.05) is 29.8 Å². The Morgan fingerprint density at radius 1 is 1.00 bits per heavy atom. The van der Waals surface area contributed by atoms with Gasteiger partial charge in [0.2, 0.25) is 0 Å². The summed E-state index contributed by atoms with van der Waals surface area (Å²) in [5, 5.41) is 11.2. The average Bonchev–Trinajstić information content (AvgIpc) is 2.84. The lowest BCUT2D eigenvalue weighted by atomic mass is 9.87. The first-order chi connectivity index (χ1) is 10.1. The Morgan fingerprint density at radius 2 is 1.76 bits per heavy atom. The number of aliphatic hydroxyl groups is 1. The van der Waals surface area contributed by atoms with E-state index in [4.69, 9.17) is 9.47 Å². The van der Waals surface area contributed by atoms with Gasteiger partial charge in [0, 0.05) is 0 Å².